The SMILES string of the molecule is Cc1ccc2nc(CSc3nc(C)nc4c3oc3ccccc34)[nH]c2c1.O=C(O)C(F)(F)F. The second-order valence-corrected chi connectivity index (χ2v) is 8.11. The Labute approximate surface area is 189 Å². The molecule has 0 spiro atoms. The molecule has 0 amide bonds. The summed E-state index contributed by atoms with van der Waals surface area (Å²) in [6.45, 7) is 3.99. The second-order valence-electron chi connectivity index (χ2n) is 7.15. The minimum Gasteiger partial charge on any atom is -0.475 e. The molecule has 170 valence electrons. The van der Waals surface area contributed by atoms with Gasteiger partial charge in [-0.3, -0.25) is 0 Å². The first kappa shape index (κ1) is 22.6. The highest BCUT2D eigenvalue weighted by molar-refractivity contribution is 7.98. The summed E-state index contributed by atoms with van der Waals surface area (Å²) in [5.41, 5.74) is 5.72. The van der Waals surface area contributed by atoms with Gasteiger partial charge in [0.25, 0.3) is 0 Å². The standard InChI is InChI=1S/C20H16N4OS.C2HF3O2/c1-11-7-8-14-15(9-11)24-17(23-14)10-26-20-19-18(21-12(2)22-20)13-5-3-4-6-16(13)25-19;3-2(4,5)1(6)7/h3-9H,10H2,1-2H3,(H,23,24);(H,6,7). The molecule has 0 aliphatic rings. The number of carboxylic acid groups (broad SMARTS) is 1. The monoisotopic (exact) mass is 474 g/mol. The van der Waals surface area contributed by atoms with Crippen LogP contribution in [0.4, 0.5) is 13.2 Å². The Morgan fingerprint density at radius 2 is 1.85 bits per heavy atom. The predicted octanol–water partition coefficient (Wildman–Crippen LogP) is 5.79. The molecule has 5 rings (SSSR count). The molecule has 0 saturated carbocycles. The Kier molecular flexibility index (Phi) is 5.98. The molecular weight excluding hydrogens is 457 g/mol. The van der Waals surface area contributed by atoms with Crippen molar-refractivity contribution in [1.82, 2.24) is 19.9 Å². The van der Waals surface area contributed by atoms with Crippen LogP contribution >= 0.6 is 11.8 Å². The Morgan fingerprint density at radius 1 is 1.12 bits per heavy atom. The third-order valence-electron chi connectivity index (χ3n) is 4.58. The number of benzene rings is 2. The van der Waals surface area contributed by atoms with E-state index in [2.05, 4.69) is 39.0 Å². The number of nitrogens with one attached hydrogen (secondary N) is 1. The van der Waals surface area contributed by atoms with Gasteiger partial charge in [0, 0.05) is 5.39 Å². The van der Waals surface area contributed by atoms with Crippen LogP contribution < -0.4 is 0 Å². The number of H-pyrrole nitrogens is 1. The highest BCUT2D eigenvalue weighted by Crippen LogP contribution is 2.34. The van der Waals surface area contributed by atoms with Crippen molar-refractivity contribution in [2.45, 2.75) is 30.8 Å². The number of aryl methyl sites for hydroxylation is 2. The number of carbonyl (C=O) groups is 1. The molecule has 2 N–H and O–H groups in total. The molecule has 7 nitrogen and oxygen atoms in total. The van der Waals surface area contributed by atoms with Crippen molar-refractivity contribution in [3.8, 4) is 0 Å². The third-order valence-corrected chi connectivity index (χ3v) is 5.54. The van der Waals surface area contributed by atoms with E-state index in [1.807, 2.05) is 37.3 Å². The number of thioether (sulfide) groups is 1. The fraction of sp³-hybridized carbons (Fsp3) is 0.182. The van der Waals surface area contributed by atoms with E-state index >= 15 is 0 Å². The summed E-state index contributed by atoms with van der Waals surface area (Å²) in [4.78, 5) is 26.1. The minimum absolute atomic E-state index is 0.691. The molecule has 0 saturated heterocycles. The van der Waals surface area contributed by atoms with E-state index in [9.17, 15) is 13.2 Å². The number of rotatable bonds is 3. The molecular formula is C22H17F3N4O3S. The van der Waals surface area contributed by atoms with E-state index in [1.54, 1.807) is 11.8 Å². The van der Waals surface area contributed by atoms with E-state index in [0.29, 0.717) is 5.75 Å². The van der Waals surface area contributed by atoms with Gasteiger partial charge in [0.1, 0.15) is 27.8 Å². The summed E-state index contributed by atoms with van der Waals surface area (Å²) in [6, 6.07) is 14.2. The number of aromatic amines is 1. The first-order chi connectivity index (χ1) is 15.6. The first-order valence-corrected chi connectivity index (χ1v) is 10.6. The Balaban J connectivity index is 0.000000325. The average molecular weight is 474 g/mol. The maximum Gasteiger partial charge on any atom is 0.490 e. The molecule has 0 aliphatic carbocycles. The molecule has 0 unspecified atom stereocenters. The van der Waals surface area contributed by atoms with Crippen molar-refractivity contribution in [3.63, 3.8) is 0 Å². The Bertz CT molecular complexity index is 1480. The van der Waals surface area contributed by atoms with Crippen LogP contribution in [0.3, 0.4) is 0 Å². The molecule has 0 aliphatic heterocycles. The number of furan rings is 1. The van der Waals surface area contributed by atoms with E-state index in [1.165, 1.54) is 5.56 Å². The number of aromatic nitrogens is 4. The van der Waals surface area contributed by atoms with Gasteiger partial charge in [-0.25, -0.2) is 19.7 Å². The second kappa shape index (κ2) is 8.74. The van der Waals surface area contributed by atoms with Crippen LogP contribution in [-0.4, -0.2) is 37.2 Å². The van der Waals surface area contributed by atoms with Gasteiger partial charge in [-0.15, -0.1) is 0 Å². The lowest BCUT2D eigenvalue weighted by Crippen LogP contribution is -2.21. The van der Waals surface area contributed by atoms with E-state index in [0.717, 1.165) is 49.8 Å². The first-order valence-electron chi connectivity index (χ1n) is 9.66. The number of hydrogen-bond acceptors (Lipinski definition) is 6. The predicted molar refractivity (Wildman–Crippen MR) is 118 cm³/mol. The fourth-order valence-electron chi connectivity index (χ4n) is 3.15. The summed E-state index contributed by atoms with van der Waals surface area (Å²) in [5.74, 6) is -0.397. The largest absolute Gasteiger partial charge is 0.490 e. The number of aliphatic carboxylic acids is 1. The van der Waals surface area contributed by atoms with Gasteiger partial charge in [0.05, 0.1) is 16.8 Å². The van der Waals surface area contributed by atoms with E-state index in [-0.39, 0.29) is 0 Å². The minimum atomic E-state index is -5.08. The number of nitrogens with zero attached hydrogens (tertiary/aromatic N) is 3. The zero-order chi connectivity index (χ0) is 23.8. The highest BCUT2D eigenvalue weighted by Gasteiger charge is 2.38. The molecule has 2 aromatic carbocycles. The topological polar surface area (TPSA) is 105 Å². The maximum absolute atomic E-state index is 10.6. The van der Waals surface area contributed by atoms with Gasteiger partial charge >= 0.3 is 12.1 Å². The quantitative estimate of drug-likeness (QED) is 0.252. The Hall–Kier alpha value is -3.60. The van der Waals surface area contributed by atoms with Crippen LogP contribution in [-0.2, 0) is 10.5 Å². The molecule has 11 heteroatoms. The van der Waals surface area contributed by atoms with Crippen molar-refractivity contribution >= 4 is 50.8 Å². The number of carboxylic acids is 1. The van der Waals surface area contributed by atoms with Crippen LogP contribution in [0, 0.1) is 13.8 Å². The van der Waals surface area contributed by atoms with E-state index in [4.69, 9.17) is 14.3 Å². The lowest BCUT2D eigenvalue weighted by molar-refractivity contribution is -0.192. The molecule has 0 radical (unpaired) electrons. The number of imidazole rings is 1. The molecule has 5 aromatic rings. The smallest absolute Gasteiger partial charge is 0.475 e. The van der Waals surface area contributed by atoms with Gasteiger partial charge in [-0.05, 0) is 43.7 Å². The van der Waals surface area contributed by atoms with Crippen LogP contribution in [0.15, 0.2) is 51.9 Å². The van der Waals surface area contributed by atoms with Gasteiger partial charge in [0.15, 0.2) is 5.58 Å². The fourth-order valence-corrected chi connectivity index (χ4v) is 4.03. The summed E-state index contributed by atoms with van der Waals surface area (Å²) in [6.07, 6.45) is -5.08. The molecule has 3 aromatic heterocycles. The van der Waals surface area contributed by atoms with Crippen molar-refractivity contribution in [3.05, 3.63) is 59.7 Å². The molecule has 3 heterocycles. The van der Waals surface area contributed by atoms with Crippen LogP contribution in [0.1, 0.15) is 17.2 Å². The van der Waals surface area contributed by atoms with Gasteiger partial charge in [0.2, 0.25) is 0 Å². The maximum atomic E-state index is 10.6. The molecule has 33 heavy (non-hydrogen) atoms. The lowest BCUT2D eigenvalue weighted by atomic mass is 10.2. The van der Waals surface area contributed by atoms with Crippen LogP contribution in [0.2, 0.25) is 0 Å². The molecule has 0 bridgehead atoms. The number of fused-ring (bicyclic) bond motifs is 4. The Morgan fingerprint density at radius 3 is 2.58 bits per heavy atom. The van der Waals surface area contributed by atoms with Crippen molar-refractivity contribution in [1.29, 1.82) is 0 Å². The molecule has 0 fully saturated rings. The van der Waals surface area contributed by atoms with Gasteiger partial charge < -0.3 is 14.5 Å². The molecule has 0 atom stereocenters. The summed E-state index contributed by atoms with van der Waals surface area (Å²) in [7, 11) is 0. The van der Waals surface area contributed by atoms with Crippen molar-refractivity contribution in [2.75, 3.05) is 0 Å². The summed E-state index contributed by atoms with van der Waals surface area (Å²) >= 11 is 1.61. The van der Waals surface area contributed by atoms with Crippen LogP contribution in [0.5, 0.6) is 0 Å². The average Bonchev–Trinajstić information content (AvgIpc) is 3.32. The number of hydrogen-bond donors (Lipinski definition) is 2. The summed E-state index contributed by atoms with van der Waals surface area (Å²) in [5, 5.41) is 8.99. The normalized spacial score (nSPS) is 11.7. The number of halogens is 3. The zero-order valence-corrected chi connectivity index (χ0v) is 18.2. The van der Waals surface area contributed by atoms with Crippen LogP contribution in [0.25, 0.3) is 33.1 Å². The number of alkyl halides is 3. The lowest BCUT2D eigenvalue weighted by Gasteiger charge is -2.01. The van der Waals surface area contributed by atoms with Gasteiger partial charge in [-0.2, -0.15) is 13.2 Å². The summed E-state index contributed by atoms with van der Waals surface area (Å²) < 4.78 is 37.8. The van der Waals surface area contributed by atoms with Gasteiger partial charge in [-0.1, -0.05) is 30.0 Å². The van der Waals surface area contributed by atoms with Crippen molar-refractivity contribution < 1.29 is 27.5 Å². The van der Waals surface area contributed by atoms with E-state index < -0.39 is 12.1 Å². The zero-order valence-electron chi connectivity index (χ0n) is 17.4. The highest BCUT2D eigenvalue weighted by atomic mass is 32.2. The number of para-hydroxylation sites is 1. The third kappa shape index (κ3) is 4.92. The van der Waals surface area contributed by atoms with Crippen molar-refractivity contribution in [2.24, 2.45) is 0 Å².